The lowest BCUT2D eigenvalue weighted by Crippen LogP contribution is -2.46. The Morgan fingerprint density at radius 2 is 2.09 bits per heavy atom. The number of pyridine rings is 3. The summed E-state index contributed by atoms with van der Waals surface area (Å²) in [5, 5.41) is 2.71. The molecule has 2 aliphatic heterocycles. The van der Waals surface area contributed by atoms with Crippen molar-refractivity contribution in [3.8, 4) is 11.8 Å². The van der Waals surface area contributed by atoms with Gasteiger partial charge in [-0.05, 0) is 43.0 Å². The number of piperidine rings is 1. The van der Waals surface area contributed by atoms with Crippen molar-refractivity contribution < 1.29 is 19.1 Å². The van der Waals surface area contributed by atoms with Crippen molar-refractivity contribution in [2.75, 3.05) is 45.7 Å². The van der Waals surface area contributed by atoms with Gasteiger partial charge in [-0.15, -0.1) is 0 Å². The lowest BCUT2D eigenvalue weighted by molar-refractivity contribution is -0.118. The maximum Gasteiger partial charge on any atom is 0.262 e. The van der Waals surface area contributed by atoms with Gasteiger partial charge in [0.25, 0.3) is 11.8 Å². The second kappa shape index (κ2) is 9.83. The third-order valence-electron chi connectivity index (χ3n) is 6.69. The van der Waals surface area contributed by atoms with Crippen LogP contribution in [0.5, 0.6) is 11.8 Å². The van der Waals surface area contributed by atoms with Crippen LogP contribution < -0.4 is 14.8 Å². The summed E-state index contributed by atoms with van der Waals surface area (Å²) in [6, 6.07) is 7.56. The minimum atomic E-state index is -0.251. The molecule has 3 aromatic rings. The number of aromatic nitrogens is 3. The van der Waals surface area contributed by atoms with E-state index >= 15 is 0 Å². The Morgan fingerprint density at radius 3 is 2.89 bits per heavy atom. The highest BCUT2D eigenvalue weighted by molar-refractivity contribution is 5.99. The van der Waals surface area contributed by atoms with Gasteiger partial charge in [0, 0.05) is 51.2 Å². The van der Waals surface area contributed by atoms with Crippen LogP contribution in [-0.4, -0.2) is 83.0 Å². The van der Waals surface area contributed by atoms with Gasteiger partial charge in [0.15, 0.2) is 6.61 Å². The molecule has 5 rings (SSSR count). The molecule has 3 aromatic heterocycles. The lowest BCUT2D eigenvalue weighted by atomic mass is 10.0. The van der Waals surface area contributed by atoms with E-state index in [-0.39, 0.29) is 24.5 Å². The Labute approximate surface area is 203 Å². The molecule has 0 aromatic carbocycles. The monoisotopic (exact) mass is 476 g/mol. The third-order valence-corrected chi connectivity index (χ3v) is 6.69. The fraction of sp³-hybridized carbons (Fsp3) is 0.400. The van der Waals surface area contributed by atoms with E-state index in [1.165, 1.54) is 6.20 Å². The van der Waals surface area contributed by atoms with Gasteiger partial charge in [0.2, 0.25) is 11.8 Å². The molecule has 0 unspecified atom stereocenters. The second-order valence-electron chi connectivity index (χ2n) is 8.84. The molecule has 1 N–H and O–H groups in total. The average Bonchev–Trinajstić information content (AvgIpc) is 2.90. The summed E-state index contributed by atoms with van der Waals surface area (Å²) < 4.78 is 10.6. The molecular weight excluding hydrogens is 448 g/mol. The van der Waals surface area contributed by atoms with E-state index in [1.54, 1.807) is 18.1 Å². The molecule has 35 heavy (non-hydrogen) atoms. The van der Waals surface area contributed by atoms with Gasteiger partial charge in [-0.1, -0.05) is 0 Å². The number of nitrogens with zero attached hydrogens (tertiary/aromatic N) is 5. The number of hydrogen-bond acceptors (Lipinski definition) is 8. The molecule has 0 saturated carbocycles. The zero-order chi connectivity index (χ0) is 24.4. The zero-order valence-electron chi connectivity index (χ0n) is 19.9. The van der Waals surface area contributed by atoms with Crippen LogP contribution in [0.4, 0.5) is 5.69 Å². The number of rotatable bonds is 6. The minimum Gasteiger partial charge on any atom is -0.481 e. The van der Waals surface area contributed by atoms with E-state index < -0.39 is 0 Å². The fourth-order valence-corrected chi connectivity index (χ4v) is 4.65. The van der Waals surface area contributed by atoms with E-state index in [2.05, 4.69) is 25.2 Å². The number of nitrogens with one attached hydrogen (secondary N) is 1. The summed E-state index contributed by atoms with van der Waals surface area (Å²) in [5.74, 6) is 0.568. The highest BCUT2D eigenvalue weighted by atomic mass is 16.5. The summed E-state index contributed by atoms with van der Waals surface area (Å²) in [7, 11) is 3.45. The number of anilines is 1. The second-order valence-corrected chi connectivity index (χ2v) is 8.84. The van der Waals surface area contributed by atoms with Crippen LogP contribution >= 0.6 is 0 Å². The van der Waals surface area contributed by atoms with E-state index in [9.17, 15) is 9.59 Å². The third kappa shape index (κ3) is 4.88. The van der Waals surface area contributed by atoms with Gasteiger partial charge in [0.05, 0.1) is 23.7 Å². The van der Waals surface area contributed by atoms with E-state index in [1.807, 2.05) is 31.4 Å². The highest BCUT2D eigenvalue weighted by Crippen LogP contribution is 2.27. The number of carbonyl (C=O) groups is 2. The Bertz CT molecular complexity index is 1260. The van der Waals surface area contributed by atoms with Crippen molar-refractivity contribution in [3.63, 3.8) is 0 Å². The maximum atomic E-state index is 13.1. The first-order valence-electron chi connectivity index (χ1n) is 11.7. The Hall–Kier alpha value is -3.79. The van der Waals surface area contributed by atoms with Crippen LogP contribution in [0.2, 0.25) is 0 Å². The number of carbonyl (C=O) groups excluding carboxylic acids is 2. The molecule has 1 fully saturated rings. The topological polar surface area (TPSA) is 110 Å². The molecule has 0 aliphatic carbocycles. The van der Waals surface area contributed by atoms with Crippen LogP contribution in [0.3, 0.4) is 0 Å². The maximum absolute atomic E-state index is 13.1. The molecule has 10 nitrogen and oxygen atoms in total. The highest BCUT2D eigenvalue weighted by Gasteiger charge is 2.27. The Morgan fingerprint density at radius 1 is 1.26 bits per heavy atom. The van der Waals surface area contributed by atoms with Gasteiger partial charge >= 0.3 is 0 Å². The molecule has 2 amide bonds. The summed E-state index contributed by atoms with van der Waals surface area (Å²) in [6.45, 7) is 2.67. The molecule has 182 valence electrons. The largest absolute Gasteiger partial charge is 0.481 e. The number of likely N-dealkylation sites (tertiary alicyclic amines) is 1. The van der Waals surface area contributed by atoms with Gasteiger partial charge in [0.1, 0.15) is 5.69 Å². The van der Waals surface area contributed by atoms with Gasteiger partial charge in [-0.2, -0.15) is 0 Å². The summed E-state index contributed by atoms with van der Waals surface area (Å²) in [4.78, 5) is 42.1. The molecular formula is C25H28N6O4. The van der Waals surface area contributed by atoms with Gasteiger partial charge in [-0.25, -0.2) is 9.97 Å². The van der Waals surface area contributed by atoms with Crippen molar-refractivity contribution in [3.05, 3.63) is 47.8 Å². The molecule has 0 radical (unpaired) electrons. The van der Waals surface area contributed by atoms with Gasteiger partial charge in [-0.3, -0.25) is 14.6 Å². The normalized spacial score (nSPS) is 16.3. The van der Waals surface area contributed by atoms with Crippen LogP contribution in [0, 0.1) is 0 Å². The predicted molar refractivity (Wildman–Crippen MR) is 130 cm³/mol. The number of fused-ring (bicyclic) bond motifs is 2. The molecule has 0 atom stereocenters. The van der Waals surface area contributed by atoms with Crippen molar-refractivity contribution >= 4 is 28.5 Å². The first-order valence-corrected chi connectivity index (χ1v) is 11.7. The van der Waals surface area contributed by atoms with Crippen molar-refractivity contribution in [2.45, 2.75) is 25.3 Å². The van der Waals surface area contributed by atoms with E-state index in [4.69, 9.17) is 9.47 Å². The van der Waals surface area contributed by atoms with E-state index in [0.717, 1.165) is 55.5 Å². The summed E-state index contributed by atoms with van der Waals surface area (Å²) in [5.41, 5.74) is 3.77. The van der Waals surface area contributed by atoms with Gasteiger partial charge < -0.3 is 24.6 Å². The van der Waals surface area contributed by atoms with Crippen LogP contribution in [0.1, 0.15) is 28.8 Å². The quantitative estimate of drug-likeness (QED) is 0.576. The molecule has 0 spiro atoms. The standard InChI is InChI=1S/C25H28N6O4/c1-30(25(33)17-13-20-24(27-14-17)35-15-21(32)28-20)18-7-11-31(12-8-18)10-6-16-5-9-26-19-3-4-22(34-2)29-23(16)19/h3-5,9,13-14,18H,6-8,10-12,15H2,1-2H3,(H,28,32). The lowest BCUT2D eigenvalue weighted by Gasteiger charge is -2.37. The number of amides is 2. The van der Waals surface area contributed by atoms with Crippen LogP contribution in [-0.2, 0) is 11.2 Å². The van der Waals surface area contributed by atoms with Crippen molar-refractivity contribution in [1.82, 2.24) is 24.8 Å². The fourth-order valence-electron chi connectivity index (χ4n) is 4.65. The SMILES string of the molecule is COc1ccc2nccc(CCN3CCC(N(C)C(=O)c4cnc5c(c4)NC(=O)CO5)CC3)c2n1. The summed E-state index contributed by atoms with van der Waals surface area (Å²) in [6.07, 6.45) is 5.98. The van der Waals surface area contributed by atoms with E-state index in [0.29, 0.717) is 23.0 Å². The number of methoxy groups -OCH3 is 1. The smallest absolute Gasteiger partial charge is 0.262 e. The van der Waals surface area contributed by atoms with Crippen molar-refractivity contribution in [1.29, 1.82) is 0 Å². The molecule has 2 aliphatic rings. The van der Waals surface area contributed by atoms with Crippen LogP contribution in [0.15, 0.2) is 36.7 Å². The minimum absolute atomic E-state index is 0.0616. The van der Waals surface area contributed by atoms with Crippen LogP contribution in [0.25, 0.3) is 11.0 Å². The first-order chi connectivity index (χ1) is 17.0. The Kier molecular flexibility index (Phi) is 6.45. The van der Waals surface area contributed by atoms with Crippen molar-refractivity contribution in [2.24, 2.45) is 0 Å². The predicted octanol–water partition coefficient (Wildman–Crippen LogP) is 2.14. The zero-order valence-corrected chi connectivity index (χ0v) is 19.9. The number of ether oxygens (including phenoxy) is 2. The molecule has 0 bridgehead atoms. The summed E-state index contributed by atoms with van der Waals surface area (Å²) >= 11 is 0. The Balaban J connectivity index is 1.17. The first kappa shape index (κ1) is 23.0. The number of hydrogen-bond donors (Lipinski definition) is 1. The molecule has 1 saturated heterocycles. The average molecular weight is 477 g/mol. The molecule has 5 heterocycles. The molecule has 10 heteroatoms.